The number of benzene rings is 2. The third-order valence-corrected chi connectivity index (χ3v) is 3.80. The van der Waals surface area contributed by atoms with Crippen LogP contribution in [0.2, 0.25) is 0 Å². The highest BCUT2D eigenvalue weighted by Crippen LogP contribution is 2.32. The summed E-state index contributed by atoms with van der Waals surface area (Å²) in [5, 5.41) is 4.96. The minimum Gasteiger partial charge on any atom is -0.494 e. The Morgan fingerprint density at radius 2 is 1.50 bits per heavy atom. The Morgan fingerprint density at radius 3 is 2.11 bits per heavy atom. The molecule has 0 heterocycles. The molecular formula is C19H21FN2O6. The first-order chi connectivity index (χ1) is 13.4. The van der Waals surface area contributed by atoms with Crippen LogP contribution < -0.4 is 29.6 Å². The molecule has 150 valence electrons. The number of ether oxygens (including phenoxy) is 4. The summed E-state index contributed by atoms with van der Waals surface area (Å²) in [5.74, 6) is -0.633. The van der Waals surface area contributed by atoms with Crippen molar-refractivity contribution in [3.8, 4) is 23.0 Å². The van der Waals surface area contributed by atoms with Gasteiger partial charge in [0, 0.05) is 17.7 Å². The van der Waals surface area contributed by atoms with Crippen LogP contribution in [0, 0.1) is 5.82 Å². The number of carbonyl (C=O) groups excluding carboxylic acids is 2. The zero-order valence-electron chi connectivity index (χ0n) is 15.9. The lowest BCUT2D eigenvalue weighted by molar-refractivity contribution is -0.115. The van der Waals surface area contributed by atoms with Gasteiger partial charge in [-0.1, -0.05) is 0 Å². The second-order valence-corrected chi connectivity index (χ2v) is 5.49. The topological polar surface area (TPSA) is 95.1 Å². The Hall–Kier alpha value is -3.49. The minimum atomic E-state index is -0.659. The quantitative estimate of drug-likeness (QED) is 0.715. The van der Waals surface area contributed by atoms with E-state index in [9.17, 15) is 14.0 Å². The number of hydrogen-bond acceptors (Lipinski definition) is 6. The van der Waals surface area contributed by atoms with E-state index in [2.05, 4.69) is 10.6 Å². The Kier molecular flexibility index (Phi) is 7.02. The minimum absolute atomic E-state index is 0.0170. The number of nitrogens with one attached hydrogen (secondary N) is 2. The average Bonchev–Trinajstić information content (AvgIpc) is 2.71. The molecule has 0 aliphatic rings. The first-order valence-corrected chi connectivity index (χ1v) is 8.15. The molecule has 2 amide bonds. The van der Waals surface area contributed by atoms with E-state index in [0.29, 0.717) is 17.1 Å². The molecule has 28 heavy (non-hydrogen) atoms. The molecule has 0 fully saturated rings. The highest BCUT2D eigenvalue weighted by molar-refractivity contribution is 6.00. The van der Waals surface area contributed by atoms with Crippen molar-refractivity contribution in [2.45, 2.75) is 0 Å². The molecule has 0 saturated heterocycles. The van der Waals surface area contributed by atoms with Crippen LogP contribution in [0.5, 0.6) is 23.0 Å². The fourth-order valence-electron chi connectivity index (χ4n) is 2.39. The summed E-state index contributed by atoms with van der Waals surface area (Å²) in [7, 11) is 5.63. The Morgan fingerprint density at radius 1 is 0.857 bits per heavy atom. The van der Waals surface area contributed by atoms with Crippen molar-refractivity contribution in [1.82, 2.24) is 5.32 Å². The summed E-state index contributed by atoms with van der Waals surface area (Å²) in [6, 6.07) is 7.00. The molecule has 0 saturated carbocycles. The highest BCUT2D eigenvalue weighted by atomic mass is 19.1. The van der Waals surface area contributed by atoms with Crippen molar-refractivity contribution in [3.63, 3.8) is 0 Å². The molecule has 0 spiro atoms. The number of carbonyl (C=O) groups is 2. The second kappa shape index (κ2) is 9.45. The molecule has 9 heteroatoms. The number of halogens is 1. The lowest BCUT2D eigenvalue weighted by atomic mass is 10.2. The van der Waals surface area contributed by atoms with E-state index in [4.69, 9.17) is 18.9 Å². The number of hydrogen-bond donors (Lipinski definition) is 2. The van der Waals surface area contributed by atoms with E-state index < -0.39 is 17.6 Å². The summed E-state index contributed by atoms with van der Waals surface area (Å²) in [6.45, 7) is -0.329. The van der Waals surface area contributed by atoms with Crippen molar-refractivity contribution >= 4 is 17.5 Å². The number of amides is 2. The molecule has 2 aromatic carbocycles. The first kappa shape index (κ1) is 20.8. The van der Waals surface area contributed by atoms with Gasteiger partial charge in [0.05, 0.1) is 40.7 Å². The molecule has 0 aromatic heterocycles. The van der Waals surface area contributed by atoms with Gasteiger partial charge in [0.2, 0.25) is 5.91 Å². The summed E-state index contributed by atoms with van der Waals surface area (Å²) < 4.78 is 34.1. The summed E-state index contributed by atoms with van der Waals surface area (Å²) in [5.41, 5.74) is 0.407. The maximum Gasteiger partial charge on any atom is 0.251 e. The fraction of sp³-hybridized carbons (Fsp3) is 0.263. The third kappa shape index (κ3) is 4.81. The summed E-state index contributed by atoms with van der Waals surface area (Å²) >= 11 is 0. The molecule has 0 aliphatic heterocycles. The maximum atomic E-state index is 13.9. The first-order valence-electron chi connectivity index (χ1n) is 8.15. The zero-order chi connectivity index (χ0) is 20.7. The lowest BCUT2D eigenvalue weighted by Crippen LogP contribution is -2.33. The van der Waals surface area contributed by atoms with E-state index in [1.807, 2.05) is 0 Å². The average molecular weight is 392 g/mol. The van der Waals surface area contributed by atoms with Crippen molar-refractivity contribution in [2.75, 3.05) is 40.3 Å². The maximum absolute atomic E-state index is 13.9. The van der Waals surface area contributed by atoms with E-state index in [0.717, 1.165) is 6.07 Å². The van der Waals surface area contributed by atoms with Crippen LogP contribution in [0.3, 0.4) is 0 Å². The SMILES string of the molecule is COc1cc(OC)c(NC(=O)CNC(=O)c2ccc(OC)c(OC)c2)cc1F. The van der Waals surface area contributed by atoms with E-state index in [-0.39, 0.29) is 23.7 Å². The highest BCUT2D eigenvalue weighted by Gasteiger charge is 2.15. The van der Waals surface area contributed by atoms with Crippen LogP contribution in [0.1, 0.15) is 10.4 Å². The predicted octanol–water partition coefficient (Wildman–Crippen LogP) is 2.23. The van der Waals surface area contributed by atoms with Crippen molar-refractivity contribution in [3.05, 3.63) is 41.7 Å². The number of rotatable bonds is 8. The smallest absolute Gasteiger partial charge is 0.251 e. The summed E-state index contributed by atoms with van der Waals surface area (Å²) in [6.07, 6.45) is 0. The molecule has 0 bridgehead atoms. The van der Waals surface area contributed by atoms with Crippen molar-refractivity contribution in [2.24, 2.45) is 0 Å². The van der Waals surface area contributed by atoms with Crippen LogP contribution in [0.25, 0.3) is 0 Å². The molecule has 8 nitrogen and oxygen atoms in total. The van der Waals surface area contributed by atoms with Crippen LogP contribution in [0.4, 0.5) is 10.1 Å². The molecule has 2 aromatic rings. The van der Waals surface area contributed by atoms with E-state index >= 15 is 0 Å². The molecule has 2 rings (SSSR count). The van der Waals surface area contributed by atoms with Gasteiger partial charge in [0.15, 0.2) is 23.1 Å². The molecule has 0 unspecified atom stereocenters. The molecule has 0 aliphatic carbocycles. The van der Waals surface area contributed by atoms with Gasteiger partial charge >= 0.3 is 0 Å². The van der Waals surface area contributed by atoms with E-state index in [1.54, 1.807) is 6.07 Å². The largest absolute Gasteiger partial charge is 0.494 e. The van der Waals surface area contributed by atoms with Gasteiger partial charge in [-0.3, -0.25) is 9.59 Å². The number of anilines is 1. The zero-order valence-corrected chi connectivity index (χ0v) is 15.9. The van der Waals surface area contributed by atoms with Crippen LogP contribution in [0.15, 0.2) is 30.3 Å². The van der Waals surface area contributed by atoms with Gasteiger partial charge in [0.25, 0.3) is 5.91 Å². The van der Waals surface area contributed by atoms with Gasteiger partial charge in [-0.25, -0.2) is 4.39 Å². The third-order valence-electron chi connectivity index (χ3n) is 3.80. The monoisotopic (exact) mass is 392 g/mol. The molecule has 2 N–H and O–H groups in total. The van der Waals surface area contributed by atoms with Crippen LogP contribution in [-0.2, 0) is 4.79 Å². The normalized spacial score (nSPS) is 10.0. The fourth-order valence-corrected chi connectivity index (χ4v) is 2.39. The van der Waals surface area contributed by atoms with Crippen LogP contribution in [-0.4, -0.2) is 46.8 Å². The van der Waals surface area contributed by atoms with E-state index in [1.165, 1.54) is 46.6 Å². The molecule has 0 atom stereocenters. The Bertz CT molecular complexity index is 872. The van der Waals surface area contributed by atoms with Gasteiger partial charge < -0.3 is 29.6 Å². The second-order valence-electron chi connectivity index (χ2n) is 5.49. The predicted molar refractivity (Wildman–Crippen MR) is 100 cm³/mol. The lowest BCUT2D eigenvalue weighted by Gasteiger charge is -2.13. The number of methoxy groups -OCH3 is 4. The van der Waals surface area contributed by atoms with Gasteiger partial charge in [-0.05, 0) is 18.2 Å². The molecular weight excluding hydrogens is 371 g/mol. The standard InChI is InChI=1S/C19H21FN2O6/c1-25-14-6-5-11(7-17(14)28-4)19(24)21-10-18(23)22-13-8-12(20)15(26-2)9-16(13)27-3/h5-9H,10H2,1-4H3,(H,21,24)(H,22,23). The van der Waals surface area contributed by atoms with Crippen molar-refractivity contribution in [1.29, 1.82) is 0 Å². The van der Waals surface area contributed by atoms with Crippen LogP contribution >= 0.6 is 0 Å². The Labute approximate surface area is 161 Å². The van der Waals surface area contributed by atoms with Crippen molar-refractivity contribution < 1.29 is 32.9 Å². The molecule has 0 radical (unpaired) electrons. The Balaban J connectivity index is 2.03. The van der Waals surface area contributed by atoms with Gasteiger partial charge in [-0.2, -0.15) is 0 Å². The van der Waals surface area contributed by atoms with Gasteiger partial charge in [0.1, 0.15) is 5.75 Å². The van der Waals surface area contributed by atoms with Gasteiger partial charge in [-0.15, -0.1) is 0 Å². The summed E-state index contributed by atoms with van der Waals surface area (Å²) in [4.78, 5) is 24.4.